The van der Waals surface area contributed by atoms with Crippen molar-refractivity contribution < 1.29 is 19.1 Å². The van der Waals surface area contributed by atoms with Crippen LogP contribution >= 0.6 is 0 Å². The zero-order valence-electron chi connectivity index (χ0n) is 19.0. The maximum Gasteiger partial charge on any atom is 0.259 e. The molecular weight excluding hydrogens is 432 g/mol. The molecule has 172 valence electrons. The first-order valence-corrected chi connectivity index (χ1v) is 10.5. The summed E-state index contributed by atoms with van der Waals surface area (Å²) in [7, 11) is 3.11. The molecule has 0 aliphatic carbocycles. The number of carbonyl (C=O) groups is 2. The summed E-state index contributed by atoms with van der Waals surface area (Å²) in [5.74, 6) is 0.615. The Morgan fingerprint density at radius 3 is 2.26 bits per heavy atom. The van der Waals surface area contributed by atoms with Gasteiger partial charge in [0, 0.05) is 24.4 Å². The Hall–Kier alpha value is -4.59. The van der Waals surface area contributed by atoms with E-state index < -0.39 is 0 Å². The van der Waals surface area contributed by atoms with E-state index in [1.54, 1.807) is 36.2 Å². The van der Waals surface area contributed by atoms with E-state index in [1.165, 1.54) is 14.0 Å². The van der Waals surface area contributed by atoms with Crippen LogP contribution in [0.15, 0.2) is 79.0 Å². The van der Waals surface area contributed by atoms with Gasteiger partial charge in [0.1, 0.15) is 17.2 Å². The summed E-state index contributed by atoms with van der Waals surface area (Å²) < 4.78 is 12.2. The molecule has 0 unspecified atom stereocenters. The molecule has 0 radical (unpaired) electrons. The minimum absolute atomic E-state index is 0.243. The van der Waals surface area contributed by atoms with Crippen LogP contribution in [0, 0.1) is 0 Å². The lowest BCUT2D eigenvalue weighted by molar-refractivity contribution is -0.114. The van der Waals surface area contributed by atoms with Crippen LogP contribution < -0.4 is 20.1 Å². The smallest absolute Gasteiger partial charge is 0.259 e. The third-order valence-electron chi connectivity index (χ3n) is 5.11. The summed E-state index contributed by atoms with van der Waals surface area (Å²) in [6, 6.07) is 21.9. The molecule has 1 aromatic heterocycles. The topological polar surface area (TPSA) is 94.5 Å². The van der Waals surface area contributed by atoms with E-state index >= 15 is 0 Å². The summed E-state index contributed by atoms with van der Waals surface area (Å²) >= 11 is 0. The van der Waals surface area contributed by atoms with E-state index in [9.17, 15) is 9.59 Å². The molecule has 4 aromatic rings. The van der Waals surface area contributed by atoms with Crippen molar-refractivity contribution in [3.05, 3.63) is 84.6 Å². The Labute approximate surface area is 197 Å². The number of rotatable bonds is 7. The molecule has 0 fully saturated rings. The highest BCUT2D eigenvalue weighted by atomic mass is 16.5. The van der Waals surface area contributed by atoms with Gasteiger partial charge < -0.3 is 20.1 Å². The molecule has 4 rings (SSSR count). The Bertz CT molecular complexity index is 1310. The van der Waals surface area contributed by atoms with Crippen molar-refractivity contribution in [3.63, 3.8) is 0 Å². The van der Waals surface area contributed by atoms with Crippen molar-refractivity contribution in [1.29, 1.82) is 0 Å². The number of hydrogen-bond donors (Lipinski definition) is 2. The third kappa shape index (κ3) is 4.91. The number of ether oxygens (including phenoxy) is 2. The molecule has 2 N–H and O–H groups in total. The second-order valence-corrected chi connectivity index (χ2v) is 7.45. The Kier molecular flexibility index (Phi) is 6.59. The molecule has 8 nitrogen and oxygen atoms in total. The molecule has 1 heterocycles. The van der Waals surface area contributed by atoms with Gasteiger partial charge >= 0.3 is 0 Å². The van der Waals surface area contributed by atoms with E-state index in [2.05, 4.69) is 10.6 Å². The van der Waals surface area contributed by atoms with Crippen LogP contribution in [0.4, 0.5) is 11.4 Å². The van der Waals surface area contributed by atoms with E-state index in [0.717, 1.165) is 11.3 Å². The Balaban J connectivity index is 1.71. The fourth-order valence-corrected chi connectivity index (χ4v) is 3.49. The van der Waals surface area contributed by atoms with Crippen LogP contribution in [0.5, 0.6) is 11.5 Å². The molecule has 3 aromatic carbocycles. The van der Waals surface area contributed by atoms with E-state index in [1.807, 2.05) is 54.6 Å². The van der Waals surface area contributed by atoms with Crippen molar-refractivity contribution in [3.8, 4) is 28.4 Å². The number of para-hydroxylation sites is 1. The second-order valence-electron chi connectivity index (χ2n) is 7.45. The highest BCUT2D eigenvalue weighted by molar-refractivity contribution is 6.08. The molecule has 0 spiro atoms. The van der Waals surface area contributed by atoms with Crippen LogP contribution in [0.1, 0.15) is 17.3 Å². The maximum atomic E-state index is 13.4. The highest BCUT2D eigenvalue weighted by Crippen LogP contribution is 2.30. The van der Waals surface area contributed by atoms with Crippen LogP contribution in [0.25, 0.3) is 16.9 Å². The van der Waals surface area contributed by atoms with Gasteiger partial charge in [-0.3, -0.25) is 9.59 Å². The molecular formula is C26H24N4O4. The van der Waals surface area contributed by atoms with Gasteiger partial charge in [0.05, 0.1) is 31.2 Å². The Morgan fingerprint density at radius 2 is 1.62 bits per heavy atom. The first-order valence-electron chi connectivity index (χ1n) is 10.5. The summed E-state index contributed by atoms with van der Waals surface area (Å²) in [4.78, 5) is 24.9. The lowest BCUT2D eigenvalue weighted by atomic mass is 10.1. The maximum absolute atomic E-state index is 13.4. The number of nitrogens with one attached hydrogen (secondary N) is 2. The zero-order chi connectivity index (χ0) is 24.1. The summed E-state index contributed by atoms with van der Waals surface area (Å²) in [6.07, 6.45) is 1.70. The predicted molar refractivity (Wildman–Crippen MR) is 131 cm³/mol. The number of anilines is 2. The molecule has 34 heavy (non-hydrogen) atoms. The van der Waals surface area contributed by atoms with Gasteiger partial charge in [-0.2, -0.15) is 5.10 Å². The fourth-order valence-electron chi connectivity index (χ4n) is 3.49. The van der Waals surface area contributed by atoms with Crippen LogP contribution in [0.2, 0.25) is 0 Å². The van der Waals surface area contributed by atoms with Gasteiger partial charge in [0.25, 0.3) is 5.91 Å². The first-order chi connectivity index (χ1) is 16.5. The van der Waals surface area contributed by atoms with Crippen LogP contribution in [0.3, 0.4) is 0 Å². The van der Waals surface area contributed by atoms with Crippen molar-refractivity contribution in [2.45, 2.75) is 6.92 Å². The lowest BCUT2D eigenvalue weighted by Gasteiger charge is -2.12. The van der Waals surface area contributed by atoms with Gasteiger partial charge in [0.15, 0.2) is 0 Å². The minimum atomic E-state index is -0.341. The molecule has 0 aliphatic rings. The van der Waals surface area contributed by atoms with Gasteiger partial charge in [-0.15, -0.1) is 0 Å². The van der Waals surface area contributed by atoms with Crippen LogP contribution in [-0.4, -0.2) is 35.8 Å². The SMILES string of the molecule is COc1ccc(-c2nn(-c3ccccc3)cc2C(=O)Nc2ccc(OC)c(NC(C)=O)c2)cc1. The van der Waals surface area contributed by atoms with Gasteiger partial charge in [-0.1, -0.05) is 18.2 Å². The van der Waals surface area contributed by atoms with Gasteiger partial charge in [-0.05, 0) is 54.6 Å². The molecule has 0 saturated carbocycles. The standard InChI is InChI=1S/C26H24N4O4/c1-17(31)27-23-15-19(11-14-24(23)34-3)28-26(32)22-16-30(20-7-5-4-6-8-20)29-25(22)18-9-12-21(33-2)13-10-18/h4-16H,1-3H3,(H,27,31)(H,28,32). The third-order valence-corrected chi connectivity index (χ3v) is 5.11. The van der Waals surface area contributed by atoms with E-state index in [0.29, 0.717) is 34.1 Å². The highest BCUT2D eigenvalue weighted by Gasteiger charge is 2.20. The summed E-state index contributed by atoms with van der Waals surface area (Å²) in [5, 5.41) is 10.3. The van der Waals surface area contributed by atoms with E-state index in [-0.39, 0.29) is 11.8 Å². The molecule has 8 heteroatoms. The minimum Gasteiger partial charge on any atom is -0.497 e. The normalized spacial score (nSPS) is 10.4. The molecule has 0 bridgehead atoms. The number of carbonyl (C=O) groups excluding carboxylic acids is 2. The monoisotopic (exact) mass is 456 g/mol. The number of nitrogens with zero attached hydrogens (tertiary/aromatic N) is 2. The number of methoxy groups -OCH3 is 2. The quantitative estimate of drug-likeness (QED) is 0.418. The first kappa shape index (κ1) is 22.6. The van der Waals surface area contributed by atoms with Crippen molar-refractivity contribution in [1.82, 2.24) is 9.78 Å². The molecule has 0 saturated heterocycles. The lowest BCUT2D eigenvalue weighted by Crippen LogP contribution is -2.13. The fraction of sp³-hybridized carbons (Fsp3) is 0.115. The largest absolute Gasteiger partial charge is 0.497 e. The number of benzene rings is 3. The zero-order valence-corrected chi connectivity index (χ0v) is 19.0. The Morgan fingerprint density at radius 1 is 0.882 bits per heavy atom. The van der Waals surface area contributed by atoms with Crippen LogP contribution in [-0.2, 0) is 4.79 Å². The number of hydrogen-bond acceptors (Lipinski definition) is 5. The number of aromatic nitrogens is 2. The van der Waals surface area contributed by atoms with Crippen molar-refractivity contribution in [2.24, 2.45) is 0 Å². The predicted octanol–water partition coefficient (Wildman–Crippen LogP) is 4.77. The molecule has 2 amide bonds. The van der Waals surface area contributed by atoms with Crippen molar-refractivity contribution >= 4 is 23.2 Å². The number of amides is 2. The van der Waals surface area contributed by atoms with E-state index in [4.69, 9.17) is 14.6 Å². The van der Waals surface area contributed by atoms with Gasteiger partial charge in [0.2, 0.25) is 5.91 Å². The average molecular weight is 457 g/mol. The van der Waals surface area contributed by atoms with Crippen molar-refractivity contribution in [2.75, 3.05) is 24.9 Å². The van der Waals surface area contributed by atoms with Gasteiger partial charge in [-0.25, -0.2) is 4.68 Å². The average Bonchev–Trinajstić information content (AvgIpc) is 3.30. The molecule has 0 aliphatic heterocycles. The molecule has 0 atom stereocenters. The summed E-state index contributed by atoms with van der Waals surface area (Å²) in [5.41, 5.74) is 3.49. The second kappa shape index (κ2) is 9.91. The summed E-state index contributed by atoms with van der Waals surface area (Å²) in [6.45, 7) is 1.41.